The summed E-state index contributed by atoms with van der Waals surface area (Å²) < 4.78 is 0. The van der Waals surface area contributed by atoms with Crippen LogP contribution in [0.25, 0.3) is 0 Å². The van der Waals surface area contributed by atoms with E-state index in [1.54, 1.807) is 0 Å². The lowest BCUT2D eigenvalue weighted by Gasteiger charge is -2.28. The third-order valence-electron chi connectivity index (χ3n) is 2.83. The van der Waals surface area contributed by atoms with Gasteiger partial charge in [0.25, 0.3) is 0 Å². The van der Waals surface area contributed by atoms with Crippen molar-refractivity contribution < 1.29 is 4.79 Å². The lowest BCUT2D eigenvalue weighted by molar-refractivity contribution is 0.196. The van der Waals surface area contributed by atoms with Gasteiger partial charge in [-0.25, -0.2) is 4.79 Å². The third kappa shape index (κ3) is 1.54. The summed E-state index contributed by atoms with van der Waals surface area (Å²) in [5.41, 5.74) is 0. The van der Waals surface area contributed by atoms with E-state index < -0.39 is 0 Å². The molecule has 2 fully saturated rings. The molecule has 3 heteroatoms. The van der Waals surface area contributed by atoms with Gasteiger partial charge in [-0.3, -0.25) is 0 Å². The molecule has 0 unspecified atom stereocenters. The second-order valence-corrected chi connectivity index (χ2v) is 3.77. The van der Waals surface area contributed by atoms with E-state index in [0.717, 1.165) is 13.1 Å². The van der Waals surface area contributed by atoms with Crippen molar-refractivity contribution in [3.8, 4) is 0 Å². The monoisotopic (exact) mass is 168 g/mol. The normalized spacial score (nSPS) is 23.8. The first kappa shape index (κ1) is 7.90. The summed E-state index contributed by atoms with van der Waals surface area (Å²) in [5.74, 6) is 0. The molecule has 0 aromatic heterocycles. The molecule has 1 saturated heterocycles. The van der Waals surface area contributed by atoms with E-state index >= 15 is 0 Å². The number of amides is 2. The Bertz CT molecular complexity index is 171. The Morgan fingerprint density at radius 1 is 1.17 bits per heavy atom. The van der Waals surface area contributed by atoms with Crippen LogP contribution in [0.5, 0.6) is 0 Å². The molecule has 1 saturated carbocycles. The fourth-order valence-corrected chi connectivity index (χ4v) is 1.74. The maximum absolute atomic E-state index is 11.5. The summed E-state index contributed by atoms with van der Waals surface area (Å²) in [6.07, 6.45) is 6.00. The highest BCUT2D eigenvalue weighted by Crippen LogP contribution is 2.18. The van der Waals surface area contributed by atoms with Crippen molar-refractivity contribution in [1.82, 2.24) is 10.2 Å². The summed E-state index contributed by atoms with van der Waals surface area (Å²) in [5, 5.41) is 3.05. The van der Waals surface area contributed by atoms with Gasteiger partial charge >= 0.3 is 6.03 Å². The van der Waals surface area contributed by atoms with Crippen LogP contribution < -0.4 is 5.32 Å². The van der Waals surface area contributed by atoms with Gasteiger partial charge in [0.1, 0.15) is 0 Å². The predicted octanol–water partition coefficient (Wildman–Crippen LogP) is 1.34. The average Bonchev–Trinajstić information content (AvgIpc) is 2.47. The van der Waals surface area contributed by atoms with Crippen LogP contribution in [-0.4, -0.2) is 30.1 Å². The van der Waals surface area contributed by atoms with Crippen molar-refractivity contribution in [3.63, 3.8) is 0 Å². The minimum absolute atomic E-state index is 0.164. The molecule has 1 aliphatic heterocycles. The van der Waals surface area contributed by atoms with Gasteiger partial charge in [-0.15, -0.1) is 0 Å². The largest absolute Gasteiger partial charge is 0.335 e. The second kappa shape index (κ2) is 3.33. The number of nitrogens with zero attached hydrogens (tertiary/aromatic N) is 1. The fraction of sp³-hybridized carbons (Fsp3) is 0.889. The fourth-order valence-electron chi connectivity index (χ4n) is 1.74. The number of nitrogens with one attached hydrogen (secondary N) is 1. The van der Waals surface area contributed by atoms with Gasteiger partial charge in [-0.2, -0.15) is 0 Å². The topological polar surface area (TPSA) is 32.3 Å². The van der Waals surface area contributed by atoms with Crippen molar-refractivity contribution in [1.29, 1.82) is 0 Å². The van der Waals surface area contributed by atoms with Crippen LogP contribution in [0, 0.1) is 0 Å². The summed E-state index contributed by atoms with van der Waals surface area (Å²) in [4.78, 5) is 13.4. The Morgan fingerprint density at radius 3 is 2.33 bits per heavy atom. The molecule has 68 valence electrons. The van der Waals surface area contributed by atoms with Crippen molar-refractivity contribution in [2.75, 3.05) is 13.1 Å². The number of carbonyl (C=O) groups excluding carboxylic acids is 1. The van der Waals surface area contributed by atoms with Crippen LogP contribution >= 0.6 is 0 Å². The minimum atomic E-state index is 0.164. The quantitative estimate of drug-likeness (QED) is 0.629. The van der Waals surface area contributed by atoms with Crippen LogP contribution in [0.1, 0.15) is 32.1 Å². The maximum atomic E-state index is 11.5. The van der Waals surface area contributed by atoms with Crippen LogP contribution in [0.4, 0.5) is 4.79 Å². The van der Waals surface area contributed by atoms with Crippen molar-refractivity contribution in [2.24, 2.45) is 0 Å². The highest BCUT2D eigenvalue weighted by atomic mass is 16.2. The molecule has 1 N–H and O–H groups in total. The van der Waals surface area contributed by atoms with Gasteiger partial charge in [-0.1, -0.05) is 0 Å². The van der Waals surface area contributed by atoms with Gasteiger partial charge in [0, 0.05) is 19.1 Å². The third-order valence-corrected chi connectivity index (χ3v) is 2.83. The van der Waals surface area contributed by atoms with Crippen molar-refractivity contribution >= 4 is 6.03 Å². The molecule has 0 spiro atoms. The zero-order valence-electron chi connectivity index (χ0n) is 7.38. The van der Waals surface area contributed by atoms with Crippen LogP contribution in [0.3, 0.4) is 0 Å². The lowest BCUT2D eigenvalue weighted by atomic mass is 9.93. The predicted molar refractivity (Wildman–Crippen MR) is 47.0 cm³/mol. The molecule has 0 aromatic carbocycles. The van der Waals surface area contributed by atoms with Gasteiger partial charge in [0.2, 0.25) is 0 Å². The second-order valence-electron chi connectivity index (χ2n) is 3.77. The Morgan fingerprint density at radius 2 is 1.83 bits per heavy atom. The molecule has 2 rings (SSSR count). The first-order chi connectivity index (χ1) is 5.86. The lowest BCUT2D eigenvalue weighted by Crippen LogP contribution is -2.46. The highest BCUT2D eigenvalue weighted by Gasteiger charge is 2.23. The van der Waals surface area contributed by atoms with Gasteiger partial charge in [0.05, 0.1) is 0 Å². The first-order valence-corrected chi connectivity index (χ1v) is 4.92. The van der Waals surface area contributed by atoms with Crippen molar-refractivity contribution in [2.45, 2.75) is 38.1 Å². The number of urea groups is 1. The summed E-state index contributed by atoms with van der Waals surface area (Å²) >= 11 is 0. The van der Waals surface area contributed by atoms with Crippen LogP contribution in [-0.2, 0) is 0 Å². The standard InChI is InChI=1S/C9H16N2O/c12-9(10-8-4-3-5-8)11-6-1-2-7-11/h8H,1-7H2,(H,10,12). The summed E-state index contributed by atoms with van der Waals surface area (Å²) in [6, 6.07) is 0.648. The minimum Gasteiger partial charge on any atom is -0.335 e. The summed E-state index contributed by atoms with van der Waals surface area (Å²) in [7, 11) is 0. The smallest absolute Gasteiger partial charge is 0.317 e. The van der Waals surface area contributed by atoms with E-state index in [9.17, 15) is 4.79 Å². The Labute approximate surface area is 73.1 Å². The Balaban J connectivity index is 1.74. The number of hydrogen-bond donors (Lipinski definition) is 1. The number of rotatable bonds is 1. The Hall–Kier alpha value is -0.730. The SMILES string of the molecule is O=C(NC1CCC1)N1CCCC1. The van der Waals surface area contributed by atoms with Crippen LogP contribution in [0.15, 0.2) is 0 Å². The van der Waals surface area contributed by atoms with E-state index in [1.165, 1.54) is 32.1 Å². The molecular formula is C9H16N2O. The van der Waals surface area contributed by atoms with Gasteiger partial charge in [0.15, 0.2) is 0 Å². The number of hydrogen-bond acceptors (Lipinski definition) is 1. The van der Waals surface area contributed by atoms with E-state index in [2.05, 4.69) is 5.32 Å². The Kier molecular flexibility index (Phi) is 2.19. The van der Waals surface area contributed by atoms with Gasteiger partial charge in [-0.05, 0) is 32.1 Å². The van der Waals surface area contributed by atoms with E-state index in [0.29, 0.717) is 6.04 Å². The molecule has 0 bridgehead atoms. The number of likely N-dealkylation sites (tertiary alicyclic amines) is 1. The molecule has 1 aliphatic carbocycles. The maximum Gasteiger partial charge on any atom is 0.317 e. The van der Waals surface area contributed by atoms with Gasteiger partial charge < -0.3 is 10.2 Å². The molecule has 2 aliphatic rings. The summed E-state index contributed by atoms with van der Waals surface area (Å²) in [6.45, 7) is 1.91. The van der Waals surface area contributed by atoms with Crippen molar-refractivity contribution in [3.05, 3.63) is 0 Å². The molecule has 0 atom stereocenters. The van der Waals surface area contributed by atoms with E-state index in [1.807, 2.05) is 4.90 Å². The zero-order chi connectivity index (χ0) is 8.39. The number of carbonyl (C=O) groups is 1. The molecule has 3 nitrogen and oxygen atoms in total. The molecule has 0 aromatic rings. The molecule has 0 radical (unpaired) electrons. The molecule has 1 heterocycles. The zero-order valence-corrected chi connectivity index (χ0v) is 7.38. The van der Waals surface area contributed by atoms with E-state index in [4.69, 9.17) is 0 Å². The van der Waals surface area contributed by atoms with Crippen LogP contribution in [0.2, 0.25) is 0 Å². The van der Waals surface area contributed by atoms with E-state index in [-0.39, 0.29) is 6.03 Å². The first-order valence-electron chi connectivity index (χ1n) is 4.92. The molecular weight excluding hydrogens is 152 g/mol. The molecule has 2 amide bonds. The average molecular weight is 168 g/mol. The molecule has 12 heavy (non-hydrogen) atoms. The highest BCUT2D eigenvalue weighted by molar-refractivity contribution is 5.74.